The molecule has 1 aromatic carbocycles. The van der Waals surface area contributed by atoms with Gasteiger partial charge in [0.2, 0.25) is 10.0 Å². The zero-order valence-electron chi connectivity index (χ0n) is 11.9. The van der Waals surface area contributed by atoms with E-state index in [1.54, 1.807) is 20.2 Å². The van der Waals surface area contributed by atoms with Crippen LogP contribution in [0.4, 0.5) is 0 Å². The Morgan fingerprint density at radius 3 is 2.50 bits per heavy atom. The van der Waals surface area contributed by atoms with E-state index in [0.717, 1.165) is 12.8 Å². The van der Waals surface area contributed by atoms with E-state index in [1.807, 2.05) is 6.92 Å². The molecule has 0 spiro atoms. The molecule has 7 heteroatoms. The summed E-state index contributed by atoms with van der Waals surface area (Å²) in [6, 6.07) is 3.08. The number of halogens is 2. The maximum Gasteiger partial charge on any atom is 0.244 e. The molecule has 4 nitrogen and oxygen atoms in total. The van der Waals surface area contributed by atoms with Gasteiger partial charge in [-0.2, -0.15) is 0 Å². The van der Waals surface area contributed by atoms with Crippen molar-refractivity contribution < 1.29 is 8.42 Å². The molecule has 0 saturated heterocycles. The average molecular weight is 339 g/mol. The van der Waals surface area contributed by atoms with Gasteiger partial charge >= 0.3 is 0 Å². The largest absolute Gasteiger partial charge is 0.316 e. The molecule has 0 fully saturated rings. The van der Waals surface area contributed by atoms with Crippen LogP contribution in [-0.4, -0.2) is 33.4 Å². The summed E-state index contributed by atoms with van der Waals surface area (Å²) in [4.78, 5) is 0.0653. The van der Waals surface area contributed by atoms with E-state index in [9.17, 15) is 8.42 Å². The highest BCUT2D eigenvalue weighted by Crippen LogP contribution is 2.31. The summed E-state index contributed by atoms with van der Waals surface area (Å²) in [5.41, 5.74) is 0.670. The van der Waals surface area contributed by atoms with Gasteiger partial charge < -0.3 is 5.32 Å². The molecule has 0 radical (unpaired) electrons. The molecular formula is C13H20Cl2N2O2S. The molecule has 1 aromatic rings. The molecule has 0 atom stereocenters. The minimum atomic E-state index is -3.62. The second-order valence-electron chi connectivity index (χ2n) is 4.59. The van der Waals surface area contributed by atoms with E-state index >= 15 is 0 Å². The van der Waals surface area contributed by atoms with E-state index in [-0.39, 0.29) is 9.92 Å². The zero-order chi connectivity index (χ0) is 15.3. The Labute approximate surface area is 131 Å². The normalized spacial score (nSPS) is 12.1. The van der Waals surface area contributed by atoms with Crippen LogP contribution in [-0.2, 0) is 16.6 Å². The molecule has 0 aliphatic heterocycles. The summed E-state index contributed by atoms with van der Waals surface area (Å²) in [7, 11) is -0.298. The molecule has 20 heavy (non-hydrogen) atoms. The Hall–Kier alpha value is -0.330. The minimum absolute atomic E-state index is 0.0653. The first-order chi connectivity index (χ1) is 9.34. The van der Waals surface area contributed by atoms with Crippen LogP contribution >= 0.6 is 23.2 Å². The van der Waals surface area contributed by atoms with E-state index in [2.05, 4.69) is 5.32 Å². The van der Waals surface area contributed by atoms with Crippen LogP contribution in [0.25, 0.3) is 0 Å². The lowest BCUT2D eigenvalue weighted by atomic mass is 10.2. The lowest BCUT2D eigenvalue weighted by molar-refractivity contribution is 0.459. The number of hydrogen-bond donors (Lipinski definition) is 1. The number of rotatable bonds is 7. The van der Waals surface area contributed by atoms with Gasteiger partial charge in [0.1, 0.15) is 4.90 Å². The number of sulfonamides is 1. The lowest BCUT2D eigenvalue weighted by Crippen LogP contribution is -2.28. The van der Waals surface area contributed by atoms with Gasteiger partial charge in [-0.15, -0.1) is 0 Å². The van der Waals surface area contributed by atoms with Crippen LogP contribution in [0, 0.1) is 0 Å². The first kappa shape index (κ1) is 17.7. The highest BCUT2D eigenvalue weighted by atomic mass is 35.5. The van der Waals surface area contributed by atoms with Crippen LogP contribution in [0.2, 0.25) is 10.0 Å². The predicted octanol–water partition coefficient (Wildman–Crippen LogP) is 3.13. The Bertz CT molecular complexity index is 562. The van der Waals surface area contributed by atoms with Crippen molar-refractivity contribution in [1.82, 2.24) is 9.62 Å². The molecule has 0 heterocycles. The quantitative estimate of drug-likeness (QED) is 0.830. The van der Waals surface area contributed by atoms with Gasteiger partial charge in [0, 0.05) is 25.2 Å². The standard InChI is InChI=1S/C13H20Cl2N2O2S/c1-4-5-6-17(3)20(18,19)12-8-11(14)7-10(9-16-2)13(12)15/h7-8,16H,4-6,9H2,1-3H3. The molecule has 0 amide bonds. The van der Waals surface area contributed by atoms with Crippen LogP contribution in [0.1, 0.15) is 25.3 Å². The van der Waals surface area contributed by atoms with Crippen molar-refractivity contribution in [2.24, 2.45) is 0 Å². The number of unbranched alkanes of at least 4 members (excludes halogenated alkanes) is 1. The lowest BCUT2D eigenvalue weighted by Gasteiger charge is -2.19. The molecule has 114 valence electrons. The van der Waals surface area contributed by atoms with Gasteiger partial charge in [-0.1, -0.05) is 36.5 Å². The van der Waals surface area contributed by atoms with Gasteiger partial charge in [-0.05, 0) is 31.2 Å². The third-order valence-corrected chi connectivity index (χ3v) is 5.62. The van der Waals surface area contributed by atoms with Gasteiger partial charge in [0.25, 0.3) is 0 Å². The molecule has 0 saturated carbocycles. The van der Waals surface area contributed by atoms with Crippen LogP contribution < -0.4 is 5.32 Å². The maximum absolute atomic E-state index is 12.5. The van der Waals surface area contributed by atoms with Gasteiger partial charge in [-0.3, -0.25) is 0 Å². The average Bonchev–Trinajstić information content (AvgIpc) is 2.39. The molecule has 0 aromatic heterocycles. The van der Waals surface area contributed by atoms with Crippen molar-refractivity contribution in [1.29, 1.82) is 0 Å². The SMILES string of the molecule is CCCCN(C)S(=O)(=O)c1cc(Cl)cc(CNC)c1Cl. The fraction of sp³-hybridized carbons (Fsp3) is 0.538. The topological polar surface area (TPSA) is 49.4 Å². The molecule has 1 rings (SSSR count). The Kier molecular flexibility index (Phi) is 6.75. The third-order valence-electron chi connectivity index (χ3n) is 2.96. The number of nitrogens with one attached hydrogen (secondary N) is 1. The number of nitrogens with zero attached hydrogens (tertiary/aromatic N) is 1. The monoisotopic (exact) mass is 338 g/mol. The van der Waals surface area contributed by atoms with Crippen molar-refractivity contribution in [3.8, 4) is 0 Å². The van der Waals surface area contributed by atoms with E-state index in [0.29, 0.717) is 23.7 Å². The van der Waals surface area contributed by atoms with Crippen molar-refractivity contribution in [3.05, 3.63) is 27.7 Å². The number of hydrogen-bond acceptors (Lipinski definition) is 3. The van der Waals surface area contributed by atoms with Crippen LogP contribution in [0.3, 0.4) is 0 Å². The Balaban J connectivity index is 3.24. The highest BCUT2D eigenvalue weighted by Gasteiger charge is 2.25. The first-order valence-corrected chi connectivity index (χ1v) is 8.63. The van der Waals surface area contributed by atoms with Crippen molar-refractivity contribution in [2.75, 3.05) is 20.6 Å². The Morgan fingerprint density at radius 2 is 1.95 bits per heavy atom. The van der Waals surface area contributed by atoms with Crippen molar-refractivity contribution in [2.45, 2.75) is 31.2 Å². The summed E-state index contributed by atoms with van der Waals surface area (Å²) in [5.74, 6) is 0. The van der Waals surface area contributed by atoms with E-state index < -0.39 is 10.0 Å². The van der Waals surface area contributed by atoms with Crippen molar-refractivity contribution in [3.63, 3.8) is 0 Å². The second-order valence-corrected chi connectivity index (χ2v) is 7.42. The Morgan fingerprint density at radius 1 is 1.30 bits per heavy atom. The van der Waals surface area contributed by atoms with E-state index in [4.69, 9.17) is 23.2 Å². The number of benzene rings is 1. The minimum Gasteiger partial charge on any atom is -0.316 e. The van der Waals surface area contributed by atoms with Crippen molar-refractivity contribution >= 4 is 33.2 Å². The third kappa shape index (κ3) is 4.09. The fourth-order valence-corrected chi connectivity index (χ4v) is 3.91. The maximum atomic E-state index is 12.5. The molecule has 0 bridgehead atoms. The van der Waals surface area contributed by atoms with Crippen LogP contribution in [0.15, 0.2) is 17.0 Å². The zero-order valence-corrected chi connectivity index (χ0v) is 14.2. The van der Waals surface area contributed by atoms with Gasteiger partial charge in [-0.25, -0.2) is 12.7 Å². The summed E-state index contributed by atoms with van der Waals surface area (Å²) in [5, 5.41) is 3.53. The summed E-state index contributed by atoms with van der Waals surface area (Å²) in [6.07, 6.45) is 1.73. The molecule has 0 unspecified atom stereocenters. The second kappa shape index (κ2) is 7.61. The predicted molar refractivity (Wildman–Crippen MR) is 83.9 cm³/mol. The fourth-order valence-electron chi connectivity index (χ4n) is 1.79. The summed E-state index contributed by atoms with van der Waals surface area (Å²) < 4.78 is 26.4. The molecule has 0 aliphatic rings. The first-order valence-electron chi connectivity index (χ1n) is 6.43. The van der Waals surface area contributed by atoms with Crippen LogP contribution in [0.5, 0.6) is 0 Å². The summed E-state index contributed by atoms with van der Waals surface area (Å²) >= 11 is 12.2. The molecule has 1 N–H and O–H groups in total. The van der Waals surface area contributed by atoms with Gasteiger partial charge in [0.15, 0.2) is 0 Å². The molecule has 0 aliphatic carbocycles. The highest BCUT2D eigenvalue weighted by molar-refractivity contribution is 7.89. The van der Waals surface area contributed by atoms with E-state index in [1.165, 1.54) is 10.4 Å². The van der Waals surface area contributed by atoms with Gasteiger partial charge in [0.05, 0.1) is 5.02 Å². The molecular weight excluding hydrogens is 319 g/mol. The summed E-state index contributed by atoms with van der Waals surface area (Å²) in [6.45, 7) is 2.93. The smallest absolute Gasteiger partial charge is 0.244 e.